The summed E-state index contributed by atoms with van der Waals surface area (Å²) in [4.78, 5) is 23.1. The molecule has 0 spiro atoms. The highest BCUT2D eigenvalue weighted by molar-refractivity contribution is 5.76. The minimum Gasteiger partial charge on any atom is -0.466 e. The summed E-state index contributed by atoms with van der Waals surface area (Å²) in [6.07, 6.45) is 1.13. The maximum atomic E-state index is 11.7. The van der Waals surface area contributed by atoms with Crippen LogP contribution in [0.3, 0.4) is 0 Å². The van der Waals surface area contributed by atoms with Gasteiger partial charge < -0.3 is 9.47 Å². The van der Waals surface area contributed by atoms with Gasteiger partial charge in [-0.2, -0.15) is 0 Å². The van der Waals surface area contributed by atoms with Crippen LogP contribution in [0.1, 0.15) is 40.5 Å². The Morgan fingerprint density at radius 1 is 1.18 bits per heavy atom. The average molecular weight is 242 g/mol. The van der Waals surface area contributed by atoms with Crippen LogP contribution in [0, 0.1) is 17.3 Å². The zero-order chi connectivity index (χ0) is 13.1. The Morgan fingerprint density at radius 2 is 1.76 bits per heavy atom. The number of esters is 2. The second-order valence-electron chi connectivity index (χ2n) is 5.07. The van der Waals surface area contributed by atoms with Crippen molar-refractivity contribution in [3.8, 4) is 0 Å². The van der Waals surface area contributed by atoms with Gasteiger partial charge in [-0.25, -0.2) is 0 Å². The van der Waals surface area contributed by atoms with Crippen molar-refractivity contribution in [2.75, 3.05) is 13.2 Å². The maximum Gasteiger partial charge on any atom is 0.309 e. The van der Waals surface area contributed by atoms with Gasteiger partial charge in [-0.15, -0.1) is 0 Å². The molecule has 0 amide bonds. The van der Waals surface area contributed by atoms with Crippen molar-refractivity contribution in [2.45, 2.75) is 40.5 Å². The molecule has 1 saturated carbocycles. The van der Waals surface area contributed by atoms with Gasteiger partial charge in [0, 0.05) is 6.42 Å². The van der Waals surface area contributed by atoms with E-state index >= 15 is 0 Å². The van der Waals surface area contributed by atoms with Gasteiger partial charge in [0.15, 0.2) is 0 Å². The van der Waals surface area contributed by atoms with E-state index in [0.29, 0.717) is 19.6 Å². The first-order valence-corrected chi connectivity index (χ1v) is 6.25. The van der Waals surface area contributed by atoms with Crippen molar-refractivity contribution in [1.82, 2.24) is 0 Å². The number of rotatable bonds is 5. The number of hydrogen-bond donors (Lipinski definition) is 0. The van der Waals surface area contributed by atoms with Crippen LogP contribution in [0.15, 0.2) is 0 Å². The highest BCUT2D eigenvalue weighted by atomic mass is 16.5. The number of hydrogen-bond acceptors (Lipinski definition) is 4. The van der Waals surface area contributed by atoms with Crippen LogP contribution in [0.5, 0.6) is 0 Å². The molecule has 0 aromatic heterocycles. The Morgan fingerprint density at radius 3 is 2.24 bits per heavy atom. The normalized spacial score (nSPS) is 25.9. The molecule has 4 heteroatoms. The molecule has 0 aliphatic heterocycles. The molecule has 0 bridgehead atoms. The van der Waals surface area contributed by atoms with Crippen molar-refractivity contribution in [1.29, 1.82) is 0 Å². The summed E-state index contributed by atoms with van der Waals surface area (Å²) in [5, 5.41) is 0. The fourth-order valence-electron chi connectivity index (χ4n) is 2.43. The Labute approximate surface area is 103 Å². The molecule has 0 saturated heterocycles. The maximum absolute atomic E-state index is 11.7. The number of carbonyl (C=O) groups is 2. The predicted octanol–water partition coefficient (Wildman–Crippen LogP) is 2.17. The van der Waals surface area contributed by atoms with E-state index in [9.17, 15) is 9.59 Å². The average Bonchev–Trinajstić information content (AvgIpc) is 2.24. The van der Waals surface area contributed by atoms with Crippen LogP contribution < -0.4 is 0 Å². The lowest BCUT2D eigenvalue weighted by molar-refractivity contribution is -0.169. The van der Waals surface area contributed by atoms with Gasteiger partial charge in [-0.1, -0.05) is 13.8 Å². The van der Waals surface area contributed by atoms with E-state index in [-0.39, 0.29) is 29.2 Å². The molecule has 98 valence electrons. The van der Waals surface area contributed by atoms with E-state index in [1.165, 1.54) is 0 Å². The smallest absolute Gasteiger partial charge is 0.309 e. The van der Waals surface area contributed by atoms with E-state index in [1.807, 2.05) is 13.8 Å². The van der Waals surface area contributed by atoms with E-state index in [2.05, 4.69) is 0 Å². The highest BCUT2D eigenvalue weighted by Gasteiger charge is 2.52. The standard InChI is InChI=1S/C13H22O4/c1-5-16-11(14)8-9-7-10(13(9,3)4)12(15)17-6-2/h9-10H,5-8H2,1-4H3/t9-,10-/m0/s1. The lowest BCUT2D eigenvalue weighted by Crippen LogP contribution is -2.50. The molecule has 2 atom stereocenters. The molecule has 1 fully saturated rings. The molecule has 1 rings (SSSR count). The molecule has 0 unspecified atom stereocenters. The topological polar surface area (TPSA) is 52.6 Å². The third-order valence-electron chi connectivity index (χ3n) is 3.76. The molecule has 0 N–H and O–H groups in total. The summed E-state index contributed by atoms with van der Waals surface area (Å²) >= 11 is 0. The zero-order valence-electron chi connectivity index (χ0n) is 11.1. The number of carbonyl (C=O) groups excluding carboxylic acids is 2. The molecule has 0 heterocycles. The van der Waals surface area contributed by atoms with Crippen LogP contribution >= 0.6 is 0 Å². The van der Waals surface area contributed by atoms with Crippen LogP contribution in [0.25, 0.3) is 0 Å². The fraction of sp³-hybridized carbons (Fsp3) is 0.846. The lowest BCUT2D eigenvalue weighted by atomic mass is 9.54. The first-order valence-electron chi connectivity index (χ1n) is 6.25. The monoisotopic (exact) mass is 242 g/mol. The largest absolute Gasteiger partial charge is 0.466 e. The van der Waals surface area contributed by atoms with Crippen LogP contribution in [0.2, 0.25) is 0 Å². The minimum atomic E-state index is -0.173. The summed E-state index contributed by atoms with van der Waals surface area (Å²) in [6, 6.07) is 0. The van der Waals surface area contributed by atoms with Crippen molar-refractivity contribution in [3.05, 3.63) is 0 Å². The molecular formula is C13H22O4. The van der Waals surface area contributed by atoms with E-state index < -0.39 is 0 Å². The van der Waals surface area contributed by atoms with E-state index in [1.54, 1.807) is 13.8 Å². The van der Waals surface area contributed by atoms with Gasteiger partial charge in [0.1, 0.15) is 0 Å². The fourth-order valence-corrected chi connectivity index (χ4v) is 2.43. The number of ether oxygens (including phenoxy) is 2. The molecule has 17 heavy (non-hydrogen) atoms. The van der Waals surface area contributed by atoms with Gasteiger partial charge >= 0.3 is 11.9 Å². The molecule has 0 radical (unpaired) electrons. The first-order chi connectivity index (χ1) is 7.93. The molecule has 1 aliphatic carbocycles. The predicted molar refractivity (Wildman–Crippen MR) is 63.3 cm³/mol. The van der Waals surface area contributed by atoms with Gasteiger partial charge in [0.2, 0.25) is 0 Å². The van der Waals surface area contributed by atoms with Crippen LogP contribution in [-0.2, 0) is 19.1 Å². The summed E-state index contributed by atoms with van der Waals surface area (Å²) < 4.78 is 9.96. The van der Waals surface area contributed by atoms with Gasteiger partial charge in [-0.3, -0.25) is 9.59 Å². The Balaban J connectivity index is 2.49. The Kier molecular flexibility index (Phi) is 4.54. The Bertz CT molecular complexity index is 296. The highest BCUT2D eigenvalue weighted by Crippen LogP contribution is 2.53. The molecule has 4 nitrogen and oxygen atoms in total. The molecular weight excluding hydrogens is 220 g/mol. The van der Waals surface area contributed by atoms with Gasteiger partial charge in [0.05, 0.1) is 19.1 Å². The molecule has 0 aromatic rings. The molecule has 0 aromatic carbocycles. The summed E-state index contributed by atoms with van der Waals surface area (Å²) in [7, 11) is 0. The zero-order valence-corrected chi connectivity index (χ0v) is 11.1. The Hall–Kier alpha value is -1.06. The summed E-state index contributed by atoms with van der Waals surface area (Å²) in [5.74, 6) is -0.177. The van der Waals surface area contributed by atoms with Gasteiger partial charge in [-0.05, 0) is 31.6 Å². The SMILES string of the molecule is CCOC(=O)C[C@@H]1C[C@@H](C(=O)OCC)C1(C)C. The van der Waals surface area contributed by atoms with Gasteiger partial charge in [0.25, 0.3) is 0 Å². The van der Waals surface area contributed by atoms with Crippen LogP contribution in [0.4, 0.5) is 0 Å². The molecule has 1 aliphatic rings. The van der Waals surface area contributed by atoms with E-state index in [0.717, 1.165) is 6.42 Å². The van der Waals surface area contributed by atoms with E-state index in [4.69, 9.17) is 9.47 Å². The summed E-state index contributed by atoms with van der Waals surface area (Å²) in [5.41, 5.74) is -0.168. The summed E-state index contributed by atoms with van der Waals surface area (Å²) in [6.45, 7) is 8.45. The third-order valence-corrected chi connectivity index (χ3v) is 3.76. The second kappa shape index (κ2) is 5.52. The third kappa shape index (κ3) is 2.99. The minimum absolute atomic E-state index is 0.0816. The van der Waals surface area contributed by atoms with Crippen molar-refractivity contribution < 1.29 is 19.1 Å². The quantitative estimate of drug-likeness (QED) is 0.693. The van der Waals surface area contributed by atoms with Crippen molar-refractivity contribution in [3.63, 3.8) is 0 Å². The first kappa shape index (κ1) is 14.0. The second-order valence-corrected chi connectivity index (χ2v) is 5.07. The van der Waals surface area contributed by atoms with Crippen molar-refractivity contribution in [2.24, 2.45) is 17.3 Å². The lowest BCUT2D eigenvalue weighted by Gasteiger charge is -2.50. The van der Waals surface area contributed by atoms with Crippen molar-refractivity contribution >= 4 is 11.9 Å². The van der Waals surface area contributed by atoms with Crippen LogP contribution in [-0.4, -0.2) is 25.2 Å².